The third kappa shape index (κ3) is 3.44. The maximum absolute atomic E-state index is 13.9. The minimum atomic E-state index is -0.575. The number of amides is 2. The van der Waals surface area contributed by atoms with E-state index in [2.05, 4.69) is 11.4 Å². The van der Waals surface area contributed by atoms with Gasteiger partial charge in [0.15, 0.2) is 11.5 Å². The lowest BCUT2D eigenvalue weighted by atomic mass is 9.76. The van der Waals surface area contributed by atoms with Gasteiger partial charge in [-0.3, -0.25) is 9.59 Å². The van der Waals surface area contributed by atoms with Crippen molar-refractivity contribution in [3.8, 4) is 17.2 Å². The van der Waals surface area contributed by atoms with E-state index in [1.807, 2.05) is 41.3 Å². The van der Waals surface area contributed by atoms with Gasteiger partial charge in [-0.05, 0) is 29.2 Å². The van der Waals surface area contributed by atoms with Gasteiger partial charge < -0.3 is 24.4 Å². The van der Waals surface area contributed by atoms with Crippen molar-refractivity contribution in [2.45, 2.75) is 18.4 Å². The first-order valence-corrected chi connectivity index (χ1v) is 11.2. The summed E-state index contributed by atoms with van der Waals surface area (Å²) >= 11 is 0. The molecule has 174 valence electrons. The zero-order valence-electron chi connectivity index (χ0n) is 19.3. The molecule has 2 atom stereocenters. The Balaban J connectivity index is 1.60. The predicted molar refractivity (Wildman–Crippen MR) is 128 cm³/mol. The van der Waals surface area contributed by atoms with Crippen LogP contribution in [-0.4, -0.2) is 44.6 Å². The second kappa shape index (κ2) is 8.74. The average Bonchev–Trinajstić information content (AvgIpc) is 2.88. The molecule has 3 aromatic rings. The molecule has 0 saturated heterocycles. The number of rotatable bonds is 5. The lowest BCUT2D eigenvalue weighted by Crippen LogP contribution is -2.49. The number of carbonyl (C=O) groups is 2. The Kier molecular flexibility index (Phi) is 5.61. The first-order valence-electron chi connectivity index (χ1n) is 11.2. The van der Waals surface area contributed by atoms with Gasteiger partial charge in [0.2, 0.25) is 11.7 Å². The van der Waals surface area contributed by atoms with Crippen molar-refractivity contribution >= 4 is 17.5 Å². The second-order valence-corrected chi connectivity index (χ2v) is 8.36. The maximum atomic E-state index is 13.9. The lowest BCUT2D eigenvalue weighted by Gasteiger charge is -2.45. The van der Waals surface area contributed by atoms with Crippen LogP contribution in [0, 0.1) is 0 Å². The summed E-state index contributed by atoms with van der Waals surface area (Å²) in [7, 11) is 4.59. The van der Waals surface area contributed by atoms with Crippen molar-refractivity contribution in [3.05, 3.63) is 82.9 Å². The van der Waals surface area contributed by atoms with Crippen molar-refractivity contribution in [1.82, 2.24) is 4.90 Å². The van der Waals surface area contributed by atoms with Gasteiger partial charge in [0.25, 0.3) is 5.91 Å². The van der Waals surface area contributed by atoms with Crippen LogP contribution in [-0.2, 0) is 11.2 Å². The van der Waals surface area contributed by atoms with Crippen LogP contribution >= 0.6 is 0 Å². The van der Waals surface area contributed by atoms with Gasteiger partial charge in [-0.2, -0.15) is 0 Å². The van der Waals surface area contributed by atoms with Crippen molar-refractivity contribution in [2.24, 2.45) is 0 Å². The highest BCUT2D eigenvalue weighted by molar-refractivity contribution is 6.04. The number of anilines is 1. The number of benzene rings is 3. The fourth-order valence-corrected chi connectivity index (χ4v) is 5.13. The molecule has 1 N–H and O–H groups in total. The van der Waals surface area contributed by atoms with E-state index in [1.165, 1.54) is 26.9 Å². The van der Waals surface area contributed by atoms with E-state index in [-0.39, 0.29) is 17.9 Å². The number of hydrogen-bond donors (Lipinski definition) is 1. The topological polar surface area (TPSA) is 77.1 Å². The highest BCUT2D eigenvalue weighted by Crippen LogP contribution is 2.47. The van der Waals surface area contributed by atoms with Gasteiger partial charge in [0.05, 0.1) is 33.3 Å². The first kappa shape index (κ1) is 21.8. The van der Waals surface area contributed by atoms with Crippen LogP contribution in [0.4, 0.5) is 5.69 Å². The summed E-state index contributed by atoms with van der Waals surface area (Å²) in [6.45, 7) is 0.572. The van der Waals surface area contributed by atoms with Crippen molar-refractivity contribution in [1.29, 1.82) is 0 Å². The summed E-state index contributed by atoms with van der Waals surface area (Å²) < 4.78 is 16.3. The number of fused-ring (bicyclic) bond motifs is 4. The predicted octanol–water partition coefficient (Wildman–Crippen LogP) is 4.19. The minimum Gasteiger partial charge on any atom is -0.493 e. The summed E-state index contributed by atoms with van der Waals surface area (Å²) in [6.07, 6.45) is 0.766. The second-order valence-electron chi connectivity index (χ2n) is 8.36. The van der Waals surface area contributed by atoms with E-state index in [0.717, 1.165) is 17.5 Å². The van der Waals surface area contributed by atoms with Crippen LogP contribution in [0.15, 0.2) is 60.7 Å². The molecule has 2 aliphatic rings. The van der Waals surface area contributed by atoms with E-state index in [0.29, 0.717) is 35.0 Å². The minimum absolute atomic E-state index is 0.0352. The molecule has 2 heterocycles. The fraction of sp³-hybridized carbons (Fsp3) is 0.259. The summed E-state index contributed by atoms with van der Waals surface area (Å²) in [5, 5.41) is 3.04. The number of methoxy groups -OCH3 is 3. The van der Waals surface area contributed by atoms with Crippen LogP contribution in [0.3, 0.4) is 0 Å². The standard InChI is InChI=1S/C27H26N2O5/c1-32-21-14-17(15-22(33-2)25(21)34-3)28-26(30)23-19-10-6-7-11-20(19)27(31)29-13-12-16-8-4-5-9-18(16)24(23)29/h4-11,14-15,23-24H,12-13H2,1-3H3,(H,28,30). The van der Waals surface area contributed by atoms with Crippen LogP contribution in [0.5, 0.6) is 17.2 Å². The normalized spacial score (nSPS) is 18.3. The Morgan fingerprint density at radius 3 is 2.24 bits per heavy atom. The molecule has 2 aliphatic heterocycles. The zero-order chi connectivity index (χ0) is 23.8. The first-order chi connectivity index (χ1) is 16.6. The third-order valence-electron chi connectivity index (χ3n) is 6.65. The summed E-state index contributed by atoms with van der Waals surface area (Å²) in [6, 6.07) is 18.5. The molecule has 3 aromatic carbocycles. The Hall–Kier alpha value is -4.00. The monoisotopic (exact) mass is 458 g/mol. The van der Waals surface area contributed by atoms with Crippen LogP contribution < -0.4 is 19.5 Å². The molecule has 0 saturated carbocycles. The smallest absolute Gasteiger partial charge is 0.254 e. The number of ether oxygens (including phenoxy) is 3. The molecule has 5 rings (SSSR count). The van der Waals surface area contributed by atoms with E-state index in [4.69, 9.17) is 14.2 Å². The number of carbonyl (C=O) groups excluding carboxylic acids is 2. The molecular weight excluding hydrogens is 432 g/mol. The Bertz CT molecular complexity index is 1250. The quantitative estimate of drug-likeness (QED) is 0.621. The van der Waals surface area contributed by atoms with Gasteiger partial charge in [0, 0.05) is 29.9 Å². The molecule has 2 unspecified atom stereocenters. The highest BCUT2D eigenvalue weighted by atomic mass is 16.5. The van der Waals surface area contributed by atoms with Crippen LogP contribution in [0.1, 0.15) is 39.0 Å². The largest absolute Gasteiger partial charge is 0.493 e. The van der Waals surface area contributed by atoms with Gasteiger partial charge in [-0.25, -0.2) is 0 Å². The van der Waals surface area contributed by atoms with Gasteiger partial charge in [0.1, 0.15) is 0 Å². The Labute approximate surface area is 198 Å². The van der Waals surface area contributed by atoms with E-state index in [9.17, 15) is 9.59 Å². The molecule has 0 fully saturated rings. The summed E-state index contributed by atoms with van der Waals surface area (Å²) in [4.78, 5) is 29.1. The fourth-order valence-electron chi connectivity index (χ4n) is 5.13. The molecule has 0 spiro atoms. The number of nitrogens with one attached hydrogen (secondary N) is 1. The molecule has 34 heavy (non-hydrogen) atoms. The van der Waals surface area contributed by atoms with E-state index < -0.39 is 5.92 Å². The Morgan fingerprint density at radius 2 is 1.56 bits per heavy atom. The van der Waals surface area contributed by atoms with Crippen molar-refractivity contribution in [2.75, 3.05) is 33.2 Å². The molecule has 2 amide bonds. The summed E-state index contributed by atoms with van der Waals surface area (Å²) in [5.41, 5.74) is 4.01. The molecule has 0 bridgehead atoms. The number of nitrogens with zero attached hydrogens (tertiary/aromatic N) is 1. The highest BCUT2D eigenvalue weighted by Gasteiger charge is 2.46. The molecule has 0 radical (unpaired) electrons. The SMILES string of the molecule is COc1cc(NC(=O)C2c3ccccc3C(=O)N3CCc4ccccc4C23)cc(OC)c1OC. The lowest BCUT2D eigenvalue weighted by molar-refractivity contribution is -0.119. The van der Waals surface area contributed by atoms with E-state index in [1.54, 1.807) is 18.2 Å². The van der Waals surface area contributed by atoms with E-state index >= 15 is 0 Å². The van der Waals surface area contributed by atoms with Gasteiger partial charge in [-0.1, -0.05) is 42.5 Å². The molecule has 7 nitrogen and oxygen atoms in total. The van der Waals surface area contributed by atoms with Crippen molar-refractivity contribution in [3.63, 3.8) is 0 Å². The zero-order valence-corrected chi connectivity index (χ0v) is 19.3. The third-order valence-corrected chi connectivity index (χ3v) is 6.65. The molecule has 0 aromatic heterocycles. The summed E-state index contributed by atoms with van der Waals surface area (Å²) in [5.74, 6) is 0.522. The van der Waals surface area contributed by atoms with Gasteiger partial charge >= 0.3 is 0 Å². The Morgan fingerprint density at radius 1 is 0.912 bits per heavy atom. The molecule has 0 aliphatic carbocycles. The van der Waals surface area contributed by atoms with Crippen LogP contribution in [0.25, 0.3) is 0 Å². The van der Waals surface area contributed by atoms with Crippen molar-refractivity contribution < 1.29 is 23.8 Å². The number of hydrogen-bond acceptors (Lipinski definition) is 5. The molecule has 7 heteroatoms. The maximum Gasteiger partial charge on any atom is 0.254 e. The van der Waals surface area contributed by atoms with Crippen LogP contribution in [0.2, 0.25) is 0 Å². The van der Waals surface area contributed by atoms with Gasteiger partial charge in [-0.15, -0.1) is 0 Å². The molecular formula is C27H26N2O5. The average molecular weight is 459 g/mol.